The summed E-state index contributed by atoms with van der Waals surface area (Å²) in [5.74, 6) is 0. The monoisotopic (exact) mass is 187 g/mol. The van der Waals surface area contributed by atoms with Gasteiger partial charge in [-0.3, -0.25) is 0 Å². The van der Waals surface area contributed by atoms with Crippen molar-refractivity contribution in [3.63, 3.8) is 0 Å². The second-order valence-corrected chi connectivity index (χ2v) is 2.77. The van der Waals surface area contributed by atoms with Crippen LogP contribution in [-0.2, 0) is 0 Å². The number of halogens is 2. The Bertz CT molecular complexity index is 253. The van der Waals surface area contributed by atoms with E-state index in [1.165, 1.54) is 0 Å². The first-order valence-electron chi connectivity index (χ1n) is 3.89. The summed E-state index contributed by atoms with van der Waals surface area (Å²) in [6.07, 6.45) is -4.02. The fourth-order valence-corrected chi connectivity index (χ4v) is 1.01. The van der Waals surface area contributed by atoms with Crippen molar-refractivity contribution >= 4 is 0 Å². The van der Waals surface area contributed by atoms with E-state index >= 15 is 0 Å². The van der Waals surface area contributed by atoms with Crippen LogP contribution >= 0.6 is 0 Å². The van der Waals surface area contributed by atoms with Crippen LogP contribution in [0.2, 0.25) is 0 Å². The Morgan fingerprint density at radius 1 is 1.15 bits per heavy atom. The average molecular weight is 187 g/mol. The molecule has 0 saturated carbocycles. The first-order valence-corrected chi connectivity index (χ1v) is 3.89. The van der Waals surface area contributed by atoms with Crippen molar-refractivity contribution in [2.24, 2.45) is 5.73 Å². The Hall–Kier alpha value is -1.00. The molecule has 0 aliphatic rings. The normalized spacial score (nSPS) is 15.8. The zero-order valence-electron chi connectivity index (χ0n) is 6.90. The molecule has 0 spiro atoms. The average Bonchev–Trinajstić information content (AvgIpc) is 2.17. The van der Waals surface area contributed by atoms with Crippen LogP contribution in [0.25, 0.3) is 0 Å². The molecule has 2 nitrogen and oxygen atoms in total. The van der Waals surface area contributed by atoms with Crippen LogP contribution in [0.4, 0.5) is 8.78 Å². The first-order chi connectivity index (χ1) is 6.13. The lowest BCUT2D eigenvalue weighted by Gasteiger charge is -2.17. The van der Waals surface area contributed by atoms with E-state index in [1.807, 2.05) is 0 Å². The van der Waals surface area contributed by atoms with Crippen LogP contribution in [0.3, 0.4) is 0 Å². The minimum absolute atomic E-state index is 0.412. The molecule has 3 N–H and O–H groups in total. The molecule has 1 rings (SSSR count). The van der Waals surface area contributed by atoms with Gasteiger partial charge in [-0.2, -0.15) is 0 Å². The second-order valence-electron chi connectivity index (χ2n) is 2.77. The minimum Gasteiger partial charge on any atom is -0.387 e. The smallest absolute Gasteiger partial charge is 0.256 e. The Kier molecular flexibility index (Phi) is 3.33. The van der Waals surface area contributed by atoms with Gasteiger partial charge in [-0.15, -0.1) is 0 Å². The molecule has 0 aromatic heterocycles. The van der Waals surface area contributed by atoms with E-state index in [0.717, 1.165) is 0 Å². The summed E-state index contributed by atoms with van der Waals surface area (Å²) < 4.78 is 24.2. The summed E-state index contributed by atoms with van der Waals surface area (Å²) in [4.78, 5) is 0. The summed E-state index contributed by atoms with van der Waals surface area (Å²) in [7, 11) is 0. The van der Waals surface area contributed by atoms with Crippen molar-refractivity contribution < 1.29 is 13.9 Å². The first kappa shape index (κ1) is 10.1. The van der Waals surface area contributed by atoms with Gasteiger partial charge >= 0.3 is 0 Å². The largest absolute Gasteiger partial charge is 0.387 e. The zero-order valence-corrected chi connectivity index (χ0v) is 6.90. The third-order valence-electron chi connectivity index (χ3n) is 1.80. The lowest BCUT2D eigenvalue weighted by atomic mass is 10.0. The van der Waals surface area contributed by atoms with Crippen molar-refractivity contribution in [2.75, 3.05) is 0 Å². The number of hydrogen-bond donors (Lipinski definition) is 2. The van der Waals surface area contributed by atoms with Gasteiger partial charge in [-0.1, -0.05) is 30.3 Å². The molecule has 0 saturated heterocycles. The number of hydrogen-bond acceptors (Lipinski definition) is 2. The van der Waals surface area contributed by atoms with Crippen LogP contribution < -0.4 is 5.73 Å². The highest BCUT2D eigenvalue weighted by Crippen LogP contribution is 2.18. The van der Waals surface area contributed by atoms with Gasteiger partial charge in [0, 0.05) is 0 Å². The highest BCUT2D eigenvalue weighted by Gasteiger charge is 2.24. The molecule has 72 valence electrons. The van der Waals surface area contributed by atoms with Crippen LogP contribution in [0.5, 0.6) is 0 Å². The van der Waals surface area contributed by atoms with Crippen LogP contribution in [0, 0.1) is 0 Å². The Morgan fingerprint density at radius 2 is 1.69 bits per heavy atom. The summed E-state index contributed by atoms with van der Waals surface area (Å²) in [5.41, 5.74) is 5.50. The number of benzene rings is 1. The molecule has 0 amide bonds. The van der Waals surface area contributed by atoms with E-state index in [1.54, 1.807) is 30.3 Å². The van der Waals surface area contributed by atoms with E-state index < -0.39 is 18.6 Å². The lowest BCUT2D eigenvalue weighted by Crippen LogP contribution is -2.35. The number of aliphatic hydroxyl groups excluding tert-OH is 1. The maximum absolute atomic E-state index is 12.1. The summed E-state index contributed by atoms with van der Waals surface area (Å²) >= 11 is 0. The molecular formula is C9H11F2NO. The highest BCUT2D eigenvalue weighted by molar-refractivity contribution is 5.18. The van der Waals surface area contributed by atoms with Gasteiger partial charge < -0.3 is 10.8 Å². The van der Waals surface area contributed by atoms with Crippen molar-refractivity contribution in [2.45, 2.75) is 18.6 Å². The van der Waals surface area contributed by atoms with Crippen molar-refractivity contribution in [1.29, 1.82) is 0 Å². The molecule has 0 unspecified atom stereocenters. The molecule has 2 atom stereocenters. The molecule has 0 aliphatic carbocycles. The molecule has 0 heterocycles. The quantitative estimate of drug-likeness (QED) is 0.749. The highest BCUT2D eigenvalue weighted by atomic mass is 19.3. The van der Waals surface area contributed by atoms with Gasteiger partial charge in [-0.05, 0) is 5.56 Å². The predicted octanol–water partition coefficient (Wildman–Crippen LogP) is 1.31. The van der Waals surface area contributed by atoms with E-state index in [4.69, 9.17) is 5.73 Å². The van der Waals surface area contributed by atoms with Crippen molar-refractivity contribution in [3.05, 3.63) is 35.9 Å². The number of alkyl halides is 2. The van der Waals surface area contributed by atoms with E-state index in [9.17, 15) is 13.9 Å². The Balaban J connectivity index is 2.73. The zero-order chi connectivity index (χ0) is 9.84. The molecule has 0 aliphatic heterocycles. The fraction of sp³-hybridized carbons (Fsp3) is 0.333. The Labute approximate surface area is 75.0 Å². The van der Waals surface area contributed by atoms with Gasteiger partial charge in [0.2, 0.25) is 0 Å². The van der Waals surface area contributed by atoms with E-state index in [-0.39, 0.29) is 0 Å². The minimum atomic E-state index is -2.71. The molecule has 0 radical (unpaired) electrons. The number of aliphatic hydroxyl groups is 1. The third-order valence-corrected chi connectivity index (χ3v) is 1.80. The van der Waals surface area contributed by atoms with E-state index in [0.29, 0.717) is 5.56 Å². The SMILES string of the molecule is N[C@H](C(F)F)[C@@H](O)c1ccccc1. The number of nitrogens with two attached hydrogens (primary N) is 1. The van der Waals surface area contributed by atoms with E-state index in [2.05, 4.69) is 0 Å². The fourth-order valence-electron chi connectivity index (χ4n) is 1.01. The molecule has 13 heavy (non-hydrogen) atoms. The molecule has 0 bridgehead atoms. The maximum Gasteiger partial charge on any atom is 0.256 e. The van der Waals surface area contributed by atoms with Gasteiger partial charge in [0.05, 0.1) is 12.1 Å². The van der Waals surface area contributed by atoms with Gasteiger partial charge in [0.25, 0.3) is 6.43 Å². The lowest BCUT2D eigenvalue weighted by molar-refractivity contribution is 0.0354. The predicted molar refractivity (Wildman–Crippen MR) is 45.4 cm³/mol. The standard InChI is InChI=1S/C9H11F2NO/c10-9(11)7(12)8(13)6-4-2-1-3-5-6/h1-5,7-9,13H,12H2/t7-,8-/m0/s1. The van der Waals surface area contributed by atoms with Gasteiger partial charge in [-0.25, -0.2) is 8.78 Å². The van der Waals surface area contributed by atoms with Crippen LogP contribution in [-0.4, -0.2) is 17.6 Å². The Morgan fingerprint density at radius 3 is 2.15 bits per heavy atom. The van der Waals surface area contributed by atoms with Crippen LogP contribution in [0.15, 0.2) is 30.3 Å². The van der Waals surface area contributed by atoms with Gasteiger partial charge in [0.1, 0.15) is 0 Å². The summed E-state index contributed by atoms with van der Waals surface area (Å²) in [6, 6.07) is 6.67. The van der Waals surface area contributed by atoms with Crippen molar-refractivity contribution in [1.82, 2.24) is 0 Å². The second kappa shape index (κ2) is 4.30. The van der Waals surface area contributed by atoms with Crippen molar-refractivity contribution in [3.8, 4) is 0 Å². The molecule has 1 aromatic carbocycles. The number of rotatable bonds is 3. The van der Waals surface area contributed by atoms with Crippen LogP contribution in [0.1, 0.15) is 11.7 Å². The molecular weight excluding hydrogens is 176 g/mol. The van der Waals surface area contributed by atoms with Gasteiger partial charge in [0.15, 0.2) is 0 Å². The molecule has 0 fully saturated rings. The molecule has 1 aromatic rings. The summed E-state index contributed by atoms with van der Waals surface area (Å²) in [6.45, 7) is 0. The summed E-state index contributed by atoms with van der Waals surface area (Å²) in [5, 5.41) is 9.35. The topological polar surface area (TPSA) is 46.2 Å². The molecule has 4 heteroatoms. The third kappa shape index (κ3) is 2.47. The maximum atomic E-state index is 12.1.